The molecule has 13 nitrogen and oxygen atoms in total. The quantitative estimate of drug-likeness (QED) is 0.348. The molecule has 0 aliphatic carbocycles. The van der Waals surface area contributed by atoms with Gasteiger partial charge in [-0.25, -0.2) is 4.98 Å². The number of amides is 2. The Morgan fingerprint density at radius 2 is 1.70 bits per heavy atom. The Labute approximate surface area is 267 Å². The van der Waals surface area contributed by atoms with Gasteiger partial charge in [0.15, 0.2) is 5.58 Å². The Kier molecular flexibility index (Phi) is 9.50. The number of rotatable bonds is 9. The number of carbonyl (C=O) groups is 3. The summed E-state index contributed by atoms with van der Waals surface area (Å²) < 4.78 is 13.4. The molecule has 46 heavy (non-hydrogen) atoms. The Morgan fingerprint density at radius 3 is 2.41 bits per heavy atom. The zero-order valence-electron chi connectivity index (χ0n) is 26.6. The van der Waals surface area contributed by atoms with Crippen LogP contribution in [0.15, 0.2) is 27.5 Å². The summed E-state index contributed by atoms with van der Waals surface area (Å²) in [5.41, 5.74) is 4.47. The summed E-state index contributed by atoms with van der Waals surface area (Å²) >= 11 is 0. The Bertz CT molecular complexity index is 1670. The van der Waals surface area contributed by atoms with Crippen LogP contribution in [0.2, 0.25) is 0 Å². The molecule has 1 aromatic carbocycles. The van der Waals surface area contributed by atoms with Gasteiger partial charge in [0.2, 0.25) is 11.8 Å². The van der Waals surface area contributed by atoms with E-state index in [1.807, 2.05) is 19.9 Å². The topological polar surface area (TPSA) is 151 Å². The Morgan fingerprint density at radius 1 is 0.978 bits per heavy atom. The minimum absolute atomic E-state index is 0.0245. The van der Waals surface area contributed by atoms with E-state index in [2.05, 4.69) is 22.2 Å². The highest BCUT2D eigenvalue weighted by atomic mass is 16.5. The molecular weight excluding hydrogens is 592 g/mol. The second-order valence-corrected chi connectivity index (χ2v) is 12.7. The highest BCUT2D eigenvalue weighted by molar-refractivity contribution is 5.93. The van der Waals surface area contributed by atoms with Crippen LogP contribution in [-0.2, 0) is 32.1 Å². The summed E-state index contributed by atoms with van der Waals surface area (Å²) in [5, 5.41) is 14.4. The van der Waals surface area contributed by atoms with Crippen LogP contribution in [0.5, 0.6) is 0 Å². The number of hydrogen-bond donors (Lipinski definition) is 1. The van der Waals surface area contributed by atoms with Crippen LogP contribution in [-0.4, -0.2) is 105 Å². The van der Waals surface area contributed by atoms with Crippen molar-refractivity contribution in [1.29, 1.82) is 0 Å². The second-order valence-electron chi connectivity index (χ2n) is 12.7. The number of aliphatic carboxylic acids is 1. The molecule has 0 spiro atoms. The van der Waals surface area contributed by atoms with Gasteiger partial charge in [0.1, 0.15) is 25.0 Å². The van der Waals surface area contributed by atoms with E-state index in [0.29, 0.717) is 63.0 Å². The smallest absolute Gasteiger partial charge is 0.312 e. The average Bonchev–Trinajstić information content (AvgIpc) is 3.46. The maximum Gasteiger partial charge on any atom is 0.312 e. The highest BCUT2D eigenvalue weighted by Crippen LogP contribution is 2.33. The first-order valence-electron chi connectivity index (χ1n) is 16.3. The van der Waals surface area contributed by atoms with Gasteiger partial charge < -0.3 is 29.1 Å². The van der Waals surface area contributed by atoms with Crippen LogP contribution in [0, 0.1) is 13.8 Å². The molecule has 2 saturated heterocycles. The summed E-state index contributed by atoms with van der Waals surface area (Å²) in [6.07, 6.45) is 3.03. The molecule has 6 rings (SSSR count). The van der Waals surface area contributed by atoms with Gasteiger partial charge in [-0.3, -0.25) is 23.7 Å². The van der Waals surface area contributed by atoms with Gasteiger partial charge in [-0.15, -0.1) is 0 Å². The van der Waals surface area contributed by atoms with Crippen LogP contribution in [0.4, 0.5) is 0 Å². The van der Waals surface area contributed by atoms with Crippen LogP contribution >= 0.6 is 0 Å². The number of aromatic nitrogens is 3. The van der Waals surface area contributed by atoms with E-state index in [4.69, 9.17) is 19.4 Å². The zero-order chi connectivity index (χ0) is 32.4. The molecule has 2 fully saturated rings. The molecule has 13 heteroatoms. The fourth-order valence-electron chi connectivity index (χ4n) is 6.96. The van der Waals surface area contributed by atoms with Gasteiger partial charge in [-0.1, -0.05) is 11.2 Å². The molecule has 1 N–H and O–H groups in total. The summed E-state index contributed by atoms with van der Waals surface area (Å²) in [7, 11) is 0. The van der Waals surface area contributed by atoms with Crippen molar-refractivity contribution in [2.75, 3.05) is 52.4 Å². The minimum Gasteiger partial charge on any atom is -0.481 e. The number of aryl methyl sites for hydroxylation is 2. The maximum atomic E-state index is 13.6. The van der Waals surface area contributed by atoms with Crippen LogP contribution < -0.4 is 5.56 Å². The Hall–Kier alpha value is -4.10. The molecule has 5 heterocycles. The van der Waals surface area contributed by atoms with Crippen LogP contribution in [0.1, 0.15) is 72.5 Å². The van der Waals surface area contributed by atoms with E-state index in [1.54, 1.807) is 9.47 Å². The van der Waals surface area contributed by atoms with Crippen molar-refractivity contribution in [3.05, 3.63) is 56.9 Å². The first-order chi connectivity index (χ1) is 22.2. The molecule has 0 saturated carbocycles. The van der Waals surface area contributed by atoms with Crippen molar-refractivity contribution < 1.29 is 28.8 Å². The lowest BCUT2D eigenvalue weighted by molar-refractivity contribution is -0.148. The molecule has 0 bridgehead atoms. The fourth-order valence-corrected chi connectivity index (χ4v) is 6.96. The van der Waals surface area contributed by atoms with E-state index in [-0.39, 0.29) is 18.1 Å². The molecular formula is C33H42N6O7. The Balaban J connectivity index is 1.01. The van der Waals surface area contributed by atoms with Crippen LogP contribution in [0.25, 0.3) is 11.0 Å². The van der Waals surface area contributed by atoms with Gasteiger partial charge >= 0.3 is 5.97 Å². The number of nitrogens with zero attached hydrogens (tertiary/aromatic N) is 6. The van der Waals surface area contributed by atoms with Crippen molar-refractivity contribution in [3.8, 4) is 0 Å². The average molecular weight is 635 g/mol. The number of ether oxygens (including phenoxy) is 1. The minimum atomic E-state index is -1.16. The second kappa shape index (κ2) is 13.7. The number of carboxylic acid groups (broad SMARTS) is 1. The molecule has 3 aliphatic rings. The third-order valence-corrected chi connectivity index (χ3v) is 9.64. The number of benzene rings is 1. The van der Waals surface area contributed by atoms with Gasteiger partial charge in [-0.2, -0.15) is 0 Å². The summed E-state index contributed by atoms with van der Waals surface area (Å²) in [6.45, 7) is 8.23. The lowest BCUT2D eigenvalue weighted by atomic mass is 9.91. The van der Waals surface area contributed by atoms with Gasteiger partial charge in [0.25, 0.3) is 5.56 Å². The molecule has 1 unspecified atom stereocenters. The van der Waals surface area contributed by atoms with E-state index >= 15 is 0 Å². The maximum absolute atomic E-state index is 13.6. The molecule has 2 aromatic heterocycles. The number of carboxylic acids is 1. The molecule has 246 valence electrons. The predicted molar refractivity (Wildman–Crippen MR) is 167 cm³/mol. The van der Waals surface area contributed by atoms with Crippen molar-refractivity contribution in [1.82, 2.24) is 29.4 Å². The summed E-state index contributed by atoms with van der Waals surface area (Å²) in [6, 6.07) is 6.24. The zero-order valence-corrected chi connectivity index (χ0v) is 26.6. The monoisotopic (exact) mass is 634 g/mol. The SMILES string of the molecule is Cc1ccc2c(C3CCN(CCc4c(C)nc5n(c4=O)CCCC5OCC(=O)N4CCN(C(=O)CC(=O)O)CC4)CC3)noc2c1. The standard InChI is InChI=1S/C33H42N6O7/c1-21-5-6-25-27(18-21)46-35-31(25)23-7-11-36(12-8-23)13-9-24-22(2)34-32-26(4-3-10-39(32)33(24)44)45-20-29(41)38-16-14-37(15-17-38)28(40)19-30(42)43/h5-6,18,23,26H,3-4,7-17,19-20H2,1-2H3,(H,42,43). The largest absolute Gasteiger partial charge is 0.481 e. The normalized spacial score (nSPS) is 19.4. The number of hydrogen-bond acceptors (Lipinski definition) is 9. The van der Waals surface area contributed by atoms with Gasteiger partial charge in [-0.05, 0) is 76.7 Å². The molecule has 2 amide bonds. The van der Waals surface area contributed by atoms with E-state index in [1.165, 1.54) is 4.90 Å². The van der Waals surface area contributed by atoms with Crippen molar-refractivity contribution in [2.45, 2.75) is 70.9 Å². The van der Waals surface area contributed by atoms with Crippen molar-refractivity contribution in [3.63, 3.8) is 0 Å². The third kappa shape index (κ3) is 6.85. The predicted octanol–water partition coefficient (Wildman–Crippen LogP) is 2.42. The van der Waals surface area contributed by atoms with Crippen molar-refractivity contribution in [2.24, 2.45) is 0 Å². The molecule has 0 radical (unpaired) electrons. The summed E-state index contributed by atoms with van der Waals surface area (Å²) in [4.78, 5) is 59.7. The lowest BCUT2D eigenvalue weighted by Gasteiger charge is -2.35. The number of piperidine rings is 1. The summed E-state index contributed by atoms with van der Waals surface area (Å²) in [5.74, 6) is -0.876. The third-order valence-electron chi connectivity index (χ3n) is 9.64. The van der Waals surface area contributed by atoms with Crippen molar-refractivity contribution >= 4 is 28.8 Å². The molecule has 3 aliphatic heterocycles. The first kappa shape index (κ1) is 31.9. The van der Waals surface area contributed by atoms with Gasteiger partial charge in [0.05, 0.1) is 5.69 Å². The molecule has 3 aromatic rings. The molecule has 1 atom stereocenters. The number of piperazine rings is 1. The first-order valence-corrected chi connectivity index (χ1v) is 16.3. The van der Waals surface area contributed by atoms with E-state index in [9.17, 15) is 19.2 Å². The number of carbonyl (C=O) groups excluding carboxylic acids is 2. The number of fused-ring (bicyclic) bond motifs is 2. The number of likely N-dealkylation sites (tertiary alicyclic amines) is 1. The van der Waals surface area contributed by atoms with Gasteiger partial charge in [0, 0.05) is 61.8 Å². The lowest BCUT2D eigenvalue weighted by Crippen LogP contribution is -2.51. The fraction of sp³-hybridized carbons (Fsp3) is 0.576. The van der Waals surface area contributed by atoms with E-state index < -0.39 is 24.4 Å². The highest BCUT2D eigenvalue weighted by Gasteiger charge is 2.30. The van der Waals surface area contributed by atoms with Crippen LogP contribution in [0.3, 0.4) is 0 Å². The van der Waals surface area contributed by atoms with E-state index in [0.717, 1.165) is 66.7 Å².